The molecule has 1 saturated heterocycles. The van der Waals surface area contributed by atoms with Crippen molar-refractivity contribution < 1.29 is 9.21 Å². The second kappa shape index (κ2) is 7.22. The molecule has 3 rings (SSSR count). The van der Waals surface area contributed by atoms with E-state index < -0.39 is 0 Å². The second-order valence-corrected chi connectivity index (χ2v) is 6.88. The van der Waals surface area contributed by atoms with Gasteiger partial charge in [0.25, 0.3) is 5.91 Å². The number of benzene rings is 1. The molecule has 4 nitrogen and oxygen atoms in total. The average molecular weight is 326 g/mol. The maximum Gasteiger partial charge on any atom is 0.257 e. The van der Waals surface area contributed by atoms with Crippen LogP contribution in [0.2, 0.25) is 0 Å². The number of likely N-dealkylation sites (N-methyl/N-ethyl adjacent to an activating group) is 1. The number of hydrogen-bond donors (Lipinski definition) is 0. The fraction of sp³-hybridized carbons (Fsp3) is 0.450. The minimum absolute atomic E-state index is 0.0735. The molecule has 2 atom stereocenters. The highest BCUT2D eigenvalue weighted by molar-refractivity contribution is 5.94. The molecule has 0 spiro atoms. The molecule has 0 radical (unpaired) electrons. The number of hydrogen-bond acceptors (Lipinski definition) is 3. The van der Waals surface area contributed by atoms with E-state index in [0.717, 1.165) is 19.4 Å². The van der Waals surface area contributed by atoms with Crippen LogP contribution in [0.4, 0.5) is 0 Å². The number of carbonyl (C=O) groups is 1. The van der Waals surface area contributed by atoms with Gasteiger partial charge in [0.2, 0.25) is 0 Å². The highest BCUT2D eigenvalue weighted by Gasteiger charge is 2.40. The van der Waals surface area contributed by atoms with Gasteiger partial charge in [-0.2, -0.15) is 0 Å². The Balaban J connectivity index is 1.86. The van der Waals surface area contributed by atoms with E-state index in [9.17, 15) is 4.79 Å². The van der Waals surface area contributed by atoms with E-state index in [-0.39, 0.29) is 11.9 Å². The van der Waals surface area contributed by atoms with E-state index in [2.05, 4.69) is 50.1 Å². The summed E-state index contributed by atoms with van der Waals surface area (Å²) in [5.41, 5.74) is 1.91. The third kappa shape index (κ3) is 3.39. The Hall–Kier alpha value is -2.07. The molecule has 128 valence electrons. The molecule has 0 N–H and O–H groups in total. The molecule has 0 unspecified atom stereocenters. The Bertz CT molecular complexity index is 652. The van der Waals surface area contributed by atoms with Crippen LogP contribution in [-0.4, -0.2) is 47.4 Å². The molecular formula is C20H26N2O2. The normalized spacial score (nSPS) is 21.0. The molecule has 0 aliphatic carbocycles. The lowest BCUT2D eigenvalue weighted by Crippen LogP contribution is -2.48. The SMILES string of the molecule is CC(C)N(C)[C@@H]1CCN(C(=O)c2ccoc2)[C@H]1Cc1ccccc1. The van der Waals surface area contributed by atoms with Crippen molar-refractivity contribution in [3.8, 4) is 0 Å². The predicted octanol–water partition coefficient (Wildman–Crippen LogP) is 3.45. The van der Waals surface area contributed by atoms with Gasteiger partial charge in [0.05, 0.1) is 17.9 Å². The number of amides is 1. The first-order valence-corrected chi connectivity index (χ1v) is 8.67. The summed E-state index contributed by atoms with van der Waals surface area (Å²) < 4.78 is 5.10. The standard InChI is InChI=1S/C20H26N2O2/c1-15(2)21(3)18-9-11-22(20(23)17-10-12-24-14-17)19(18)13-16-7-5-4-6-8-16/h4-8,10,12,14-15,18-19H,9,11,13H2,1-3H3/t18-,19+/m1/s1. The first-order valence-electron chi connectivity index (χ1n) is 8.67. The molecule has 2 heterocycles. The van der Waals surface area contributed by atoms with Crippen LogP contribution < -0.4 is 0 Å². The van der Waals surface area contributed by atoms with Crippen molar-refractivity contribution in [2.45, 2.75) is 44.8 Å². The number of furan rings is 1. The van der Waals surface area contributed by atoms with Gasteiger partial charge in [0, 0.05) is 18.6 Å². The van der Waals surface area contributed by atoms with Gasteiger partial charge in [-0.05, 0) is 45.4 Å². The van der Waals surface area contributed by atoms with E-state index in [1.807, 2.05) is 11.0 Å². The third-order valence-corrected chi connectivity index (χ3v) is 5.16. The molecule has 0 bridgehead atoms. The van der Waals surface area contributed by atoms with E-state index in [0.29, 0.717) is 17.6 Å². The Morgan fingerprint density at radius 2 is 2.04 bits per heavy atom. The number of rotatable bonds is 5. The van der Waals surface area contributed by atoms with Gasteiger partial charge in [-0.3, -0.25) is 9.69 Å². The zero-order chi connectivity index (χ0) is 17.1. The Morgan fingerprint density at radius 3 is 2.67 bits per heavy atom. The average Bonchev–Trinajstić information content (AvgIpc) is 3.24. The van der Waals surface area contributed by atoms with Crippen molar-refractivity contribution in [2.24, 2.45) is 0 Å². The van der Waals surface area contributed by atoms with E-state index in [1.54, 1.807) is 18.6 Å². The zero-order valence-corrected chi connectivity index (χ0v) is 14.7. The van der Waals surface area contributed by atoms with Crippen LogP contribution in [0.3, 0.4) is 0 Å². The molecule has 1 aromatic carbocycles. The number of nitrogens with zero attached hydrogens (tertiary/aromatic N) is 2. The Labute approximate surface area is 144 Å². The molecule has 4 heteroatoms. The lowest BCUT2D eigenvalue weighted by atomic mass is 9.98. The largest absolute Gasteiger partial charge is 0.472 e. The lowest BCUT2D eigenvalue weighted by Gasteiger charge is -2.35. The van der Waals surface area contributed by atoms with Gasteiger partial charge in [-0.15, -0.1) is 0 Å². The Morgan fingerprint density at radius 1 is 1.29 bits per heavy atom. The van der Waals surface area contributed by atoms with Crippen molar-refractivity contribution in [1.82, 2.24) is 9.80 Å². The van der Waals surface area contributed by atoms with E-state index in [1.165, 1.54) is 5.56 Å². The van der Waals surface area contributed by atoms with Crippen molar-refractivity contribution in [3.05, 3.63) is 60.1 Å². The summed E-state index contributed by atoms with van der Waals surface area (Å²) in [4.78, 5) is 17.3. The van der Waals surface area contributed by atoms with Gasteiger partial charge in [-0.25, -0.2) is 0 Å². The first kappa shape index (κ1) is 16.8. The maximum atomic E-state index is 12.9. The first-order chi connectivity index (χ1) is 11.6. The van der Waals surface area contributed by atoms with E-state index in [4.69, 9.17) is 4.42 Å². The fourth-order valence-corrected chi connectivity index (χ4v) is 3.60. The lowest BCUT2D eigenvalue weighted by molar-refractivity contribution is 0.0679. The van der Waals surface area contributed by atoms with Crippen LogP contribution in [-0.2, 0) is 6.42 Å². The number of likely N-dealkylation sites (tertiary alicyclic amines) is 1. The summed E-state index contributed by atoms with van der Waals surface area (Å²) in [6.45, 7) is 5.21. The molecule has 1 aromatic heterocycles. The fourth-order valence-electron chi connectivity index (χ4n) is 3.60. The topological polar surface area (TPSA) is 36.7 Å². The molecule has 24 heavy (non-hydrogen) atoms. The van der Waals surface area contributed by atoms with Crippen molar-refractivity contribution in [3.63, 3.8) is 0 Å². The van der Waals surface area contributed by atoms with E-state index >= 15 is 0 Å². The van der Waals surface area contributed by atoms with Crippen LogP contribution in [0.25, 0.3) is 0 Å². The molecule has 0 saturated carbocycles. The minimum atomic E-state index is 0.0735. The maximum absolute atomic E-state index is 12.9. The van der Waals surface area contributed by atoms with Crippen LogP contribution in [0.1, 0.15) is 36.2 Å². The smallest absolute Gasteiger partial charge is 0.257 e. The molecule has 1 aliphatic heterocycles. The van der Waals surface area contributed by atoms with Crippen LogP contribution in [0.5, 0.6) is 0 Å². The van der Waals surface area contributed by atoms with Crippen molar-refractivity contribution in [1.29, 1.82) is 0 Å². The summed E-state index contributed by atoms with van der Waals surface area (Å²) in [5.74, 6) is 0.0735. The highest BCUT2D eigenvalue weighted by atomic mass is 16.3. The Kier molecular flexibility index (Phi) is 5.05. The van der Waals surface area contributed by atoms with Crippen molar-refractivity contribution in [2.75, 3.05) is 13.6 Å². The zero-order valence-electron chi connectivity index (χ0n) is 14.7. The van der Waals surface area contributed by atoms with Gasteiger partial charge < -0.3 is 9.32 Å². The van der Waals surface area contributed by atoms with Crippen LogP contribution in [0.15, 0.2) is 53.3 Å². The number of carbonyl (C=O) groups excluding carboxylic acids is 1. The molecule has 1 fully saturated rings. The molecule has 1 aliphatic rings. The van der Waals surface area contributed by atoms with Crippen LogP contribution in [0, 0.1) is 0 Å². The van der Waals surface area contributed by atoms with Gasteiger partial charge in [0.1, 0.15) is 6.26 Å². The monoisotopic (exact) mass is 326 g/mol. The predicted molar refractivity (Wildman–Crippen MR) is 95.0 cm³/mol. The van der Waals surface area contributed by atoms with Gasteiger partial charge in [-0.1, -0.05) is 30.3 Å². The van der Waals surface area contributed by atoms with Crippen LogP contribution >= 0.6 is 0 Å². The minimum Gasteiger partial charge on any atom is -0.472 e. The summed E-state index contributed by atoms with van der Waals surface area (Å²) >= 11 is 0. The summed E-state index contributed by atoms with van der Waals surface area (Å²) in [6.07, 6.45) is 5.00. The quantitative estimate of drug-likeness (QED) is 0.844. The third-order valence-electron chi connectivity index (χ3n) is 5.16. The molecule has 1 amide bonds. The highest BCUT2D eigenvalue weighted by Crippen LogP contribution is 2.28. The summed E-state index contributed by atoms with van der Waals surface area (Å²) in [5, 5.41) is 0. The summed E-state index contributed by atoms with van der Waals surface area (Å²) in [6, 6.07) is 13.2. The molecule has 2 aromatic rings. The summed E-state index contributed by atoms with van der Waals surface area (Å²) in [7, 11) is 2.17. The van der Waals surface area contributed by atoms with Crippen molar-refractivity contribution >= 4 is 5.91 Å². The van der Waals surface area contributed by atoms with Gasteiger partial charge >= 0.3 is 0 Å². The molecular weight excluding hydrogens is 300 g/mol. The van der Waals surface area contributed by atoms with Gasteiger partial charge in [0.15, 0.2) is 0 Å². The second-order valence-electron chi connectivity index (χ2n) is 6.88.